The van der Waals surface area contributed by atoms with Crippen molar-refractivity contribution in [3.05, 3.63) is 41.5 Å². The highest BCUT2D eigenvalue weighted by Crippen LogP contribution is 2.23. The number of hydrogen-bond donors (Lipinski definition) is 0. The predicted octanol–water partition coefficient (Wildman–Crippen LogP) is 3.26. The van der Waals surface area contributed by atoms with Gasteiger partial charge in [0.1, 0.15) is 6.61 Å². The molecule has 0 fully saturated rings. The molecule has 0 amide bonds. The molecule has 1 aromatic carbocycles. The lowest BCUT2D eigenvalue weighted by Gasteiger charge is -2.11. The van der Waals surface area contributed by atoms with Gasteiger partial charge in [-0.25, -0.2) is 9.79 Å². The van der Waals surface area contributed by atoms with Gasteiger partial charge < -0.3 is 9.64 Å². The molecule has 0 aliphatic carbocycles. The maximum Gasteiger partial charge on any atom is 0.338 e. The Morgan fingerprint density at radius 1 is 1.40 bits per heavy atom. The summed E-state index contributed by atoms with van der Waals surface area (Å²) in [6, 6.07) is 3.72. The standard InChI is InChI=1S/C16H22N2O2/c1-6-8-20-16(19)14-9-13(4)15(10-12(14)3)17-11-18(5)7-2/h6,9-11H,1,7-8H2,2-5H3/b17-11+. The molecule has 0 saturated carbocycles. The molecule has 0 unspecified atom stereocenters. The molecular formula is C16H22N2O2. The summed E-state index contributed by atoms with van der Waals surface area (Å²) in [5, 5.41) is 0. The molecule has 0 radical (unpaired) electrons. The van der Waals surface area contributed by atoms with Crippen molar-refractivity contribution in [3.63, 3.8) is 0 Å². The van der Waals surface area contributed by atoms with Crippen LogP contribution >= 0.6 is 0 Å². The Hall–Kier alpha value is -2.10. The van der Waals surface area contributed by atoms with Crippen LogP contribution in [0.3, 0.4) is 0 Å². The van der Waals surface area contributed by atoms with Crippen LogP contribution in [0, 0.1) is 13.8 Å². The number of benzene rings is 1. The van der Waals surface area contributed by atoms with Crippen LogP contribution in [0.25, 0.3) is 0 Å². The van der Waals surface area contributed by atoms with Gasteiger partial charge in [-0.3, -0.25) is 0 Å². The molecule has 108 valence electrons. The molecule has 0 saturated heterocycles. The Morgan fingerprint density at radius 2 is 2.10 bits per heavy atom. The van der Waals surface area contributed by atoms with E-state index in [2.05, 4.69) is 18.5 Å². The van der Waals surface area contributed by atoms with E-state index >= 15 is 0 Å². The third kappa shape index (κ3) is 4.23. The van der Waals surface area contributed by atoms with Gasteiger partial charge in [0.2, 0.25) is 0 Å². The highest BCUT2D eigenvalue weighted by Gasteiger charge is 2.12. The van der Waals surface area contributed by atoms with Gasteiger partial charge in [-0.2, -0.15) is 0 Å². The van der Waals surface area contributed by atoms with E-state index in [0.29, 0.717) is 5.56 Å². The summed E-state index contributed by atoms with van der Waals surface area (Å²) >= 11 is 0. The van der Waals surface area contributed by atoms with Crippen molar-refractivity contribution in [1.82, 2.24) is 4.90 Å². The Morgan fingerprint density at radius 3 is 2.70 bits per heavy atom. The molecule has 4 nitrogen and oxygen atoms in total. The molecular weight excluding hydrogens is 252 g/mol. The molecule has 0 bridgehead atoms. The normalized spacial score (nSPS) is 10.6. The third-order valence-electron chi connectivity index (χ3n) is 2.99. The second-order valence-electron chi connectivity index (χ2n) is 4.66. The number of hydrogen-bond acceptors (Lipinski definition) is 3. The molecule has 20 heavy (non-hydrogen) atoms. The van der Waals surface area contributed by atoms with Crippen molar-refractivity contribution in [2.75, 3.05) is 20.2 Å². The Labute approximate surface area is 120 Å². The van der Waals surface area contributed by atoms with Gasteiger partial charge in [0, 0.05) is 13.6 Å². The summed E-state index contributed by atoms with van der Waals surface area (Å²) in [6.45, 7) is 10.5. The van der Waals surface area contributed by atoms with Gasteiger partial charge in [-0.05, 0) is 44.0 Å². The second kappa shape index (κ2) is 7.48. The summed E-state index contributed by atoms with van der Waals surface area (Å²) in [5.41, 5.74) is 3.24. The number of aryl methyl sites for hydroxylation is 2. The van der Waals surface area contributed by atoms with Crippen molar-refractivity contribution in [3.8, 4) is 0 Å². The van der Waals surface area contributed by atoms with Crippen molar-refractivity contribution >= 4 is 18.0 Å². The van der Waals surface area contributed by atoms with Crippen molar-refractivity contribution in [2.24, 2.45) is 4.99 Å². The number of rotatable bonds is 6. The molecule has 1 rings (SSSR count). The van der Waals surface area contributed by atoms with E-state index in [1.54, 1.807) is 12.4 Å². The zero-order chi connectivity index (χ0) is 15.1. The molecule has 0 atom stereocenters. The largest absolute Gasteiger partial charge is 0.458 e. The summed E-state index contributed by atoms with van der Waals surface area (Å²) < 4.78 is 5.06. The Kier molecular flexibility index (Phi) is 5.97. The van der Waals surface area contributed by atoms with Gasteiger partial charge in [-0.15, -0.1) is 0 Å². The van der Waals surface area contributed by atoms with Gasteiger partial charge in [0.25, 0.3) is 0 Å². The van der Waals surface area contributed by atoms with Gasteiger partial charge in [0.05, 0.1) is 17.6 Å². The summed E-state index contributed by atoms with van der Waals surface area (Å²) in [7, 11) is 1.96. The van der Waals surface area contributed by atoms with Crippen LogP contribution in [-0.4, -0.2) is 37.4 Å². The Bertz CT molecular complexity index is 521. The zero-order valence-electron chi connectivity index (χ0n) is 12.6. The lowest BCUT2D eigenvalue weighted by Crippen LogP contribution is -2.14. The van der Waals surface area contributed by atoms with E-state index in [9.17, 15) is 4.79 Å². The first kappa shape index (κ1) is 16.0. The first-order valence-corrected chi connectivity index (χ1v) is 6.63. The number of nitrogens with zero attached hydrogens (tertiary/aromatic N) is 2. The quantitative estimate of drug-likeness (QED) is 0.346. The first-order valence-electron chi connectivity index (χ1n) is 6.63. The van der Waals surface area contributed by atoms with E-state index in [0.717, 1.165) is 23.4 Å². The van der Waals surface area contributed by atoms with Crippen LogP contribution in [0.1, 0.15) is 28.4 Å². The molecule has 0 spiro atoms. The van der Waals surface area contributed by atoms with E-state index < -0.39 is 0 Å². The monoisotopic (exact) mass is 274 g/mol. The van der Waals surface area contributed by atoms with E-state index in [-0.39, 0.29) is 12.6 Å². The maximum absolute atomic E-state index is 11.9. The minimum Gasteiger partial charge on any atom is -0.458 e. The lowest BCUT2D eigenvalue weighted by molar-refractivity contribution is 0.0549. The molecule has 4 heteroatoms. The number of carbonyl (C=O) groups excluding carboxylic acids is 1. The molecule has 0 aliphatic heterocycles. The minimum atomic E-state index is -0.327. The van der Waals surface area contributed by atoms with Crippen LogP contribution in [0.15, 0.2) is 29.8 Å². The van der Waals surface area contributed by atoms with E-state index in [1.165, 1.54) is 0 Å². The topological polar surface area (TPSA) is 41.9 Å². The average molecular weight is 274 g/mol. The second-order valence-corrected chi connectivity index (χ2v) is 4.66. The fourth-order valence-corrected chi connectivity index (χ4v) is 1.61. The molecule has 0 aromatic heterocycles. The van der Waals surface area contributed by atoms with Crippen molar-refractivity contribution < 1.29 is 9.53 Å². The Balaban J connectivity index is 2.99. The zero-order valence-corrected chi connectivity index (χ0v) is 12.6. The van der Waals surface area contributed by atoms with Crippen molar-refractivity contribution in [2.45, 2.75) is 20.8 Å². The molecule has 0 aliphatic rings. The first-order chi connectivity index (χ1) is 9.49. The number of ether oxygens (including phenoxy) is 1. The van der Waals surface area contributed by atoms with Crippen LogP contribution in [-0.2, 0) is 4.74 Å². The third-order valence-corrected chi connectivity index (χ3v) is 2.99. The fourth-order valence-electron chi connectivity index (χ4n) is 1.61. The minimum absolute atomic E-state index is 0.221. The predicted molar refractivity (Wildman–Crippen MR) is 82.9 cm³/mol. The average Bonchev–Trinajstić information content (AvgIpc) is 2.44. The van der Waals surface area contributed by atoms with E-state index in [1.807, 2.05) is 37.9 Å². The van der Waals surface area contributed by atoms with Crippen LogP contribution in [0.5, 0.6) is 0 Å². The summed E-state index contributed by atoms with van der Waals surface area (Å²) in [5.74, 6) is -0.327. The lowest BCUT2D eigenvalue weighted by atomic mass is 10.0. The number of aliphatic imine (C=N–C) groups is 1. The smallest absolute Gasteiger partial charge is 0.338 e. The number of carbonyl (C=O) groups is 1. The fraction of sp³-hybridized carbons (Fsp3) is 0.375. The summed E-state index contributed by atoms with van der Waals surface area (Å²) in [6.07, 6.45) is 3.34. The SMILES string of the molecule is C=CCOC(=O)c1cc(C)c(/N=C/N(C)CC)cc1C. The van der Waals surface area contributed by atoms with Crippen molar-refractivity contribution in [1.29, 1.82) is 0 Å². The summed E-state index contributed by atoms with van der Waals surface area (Å²) in [4.78, 5) is 18.3. The van der Waals surface area contributed by atoms with Crippen LogP contribution < -0.4 is 0 Å². The van der Waals surface area contributed by atoms with E-state index in [4.69, 9.17) is 4.74 Å². The van der Waals surface area contributed by atoms with Gasteiger partial charge in [0.15, 0.2) is 0 Å². The highest BCUT2D eigenvalue weighted by atomic mass is 16.5. The molecule has 0 heterocycles. The highest BCUT2D eigenvalue weighted by molar-refractivity contribution is 5.92. The maximum atomic E-state index is 11.9. The van der Waals surface area contributed by atoms with Crippen LogP contribution in [0.2, 0.25) is 0 Å². The number of esters is 1. The molecule has 1 aromatic rings. The molecule has 0 N–H and O–H groups in total. The van der Waals surface area contributed by atoms with Gasteiger partial charge >= 0.3 is 5.97 Å². The van der Waals surface area contributed by atoms with Gasteiger partial charge in [-0.1, -0.05) is 12.7 Å². The van der Waals surface area contributed by atoms with Crippen LogP contribution in [0.4, 0.5) is 5.69 Å².